The molecule has 0 rings (SSSR count). The maximum absolute atomic E-state index is 9.19. The molecule has 0 aliphatic rings. The van der Waals surface area contributed by atoms with Crippen molar-refractivity contribution in [1.82, 2.24) is 0 Å². The Balaban J connectivity index is 0. The molecule has 0 heterocycles. The lowest BCUT2D eigenvalue weighted by Crippen LogP contribution is -2.26. The molecular weight excluding hydrogens is 256 g/mol. The summed E-state index contributed by atoms with van der Waals surface area (Å²) in [5.74, 6) is 0. The summed E-state index contributed by atoms with van der Waals surface area (Å²) in [6.45, 7) is 13.6. The number of unbranched alkanes of at least 4 members (excludes halogenated alkanes) is 2. The molecule has 0 aliphatic carbocycles. The first-order valence-electron chi connectivity index (χ1n) is 7.72. The Morgan fingerprint density at radius 1 is 0.700 bits per heavy atom. The average Bonchev–Trinajstić information content (AvgIpc) is 2.29. The molecule has 0 aliphatic heterocycles. The molecule has 0 amide bonds. The highest BCUT2D eigenvalue weighted by molar-refractivity contribution is 4.62. The zero-order chi connectivity index (χ0) is 16.1. The summed E-state index contributed by atoms with van der Waals surface area (Å²) < 4.78 is 10.4. The molecule has 0 saturated heterocycles. The minimum absolute atomic E-state index is 0.438. The maximum Gasteiger partial charge on any atom is 0.0824 e. The van der Waals surface area contributed by atoms with Gasteiger partial charge in [-0.15, -0.1) is 0 Å². The van der Waals surface area contributed by atoms with Crippen LogP contribution in [0.15, 0.2) is 0 Å². The van der Waals surface area contributed by atoms with Gasteiger partial charge in [-0.1, -0.05) is 26.7 Å². The van der Waals surface area contributed by atoms with Gasteiger partial charge in [-0.3, -0.25) is 0 Å². The van der Waals surface area contributed by atoms with E-state index in [4.69, 9.17) is 9.47 Å². The van der Waals surface area contributed by atoms with Crippen LogP contribution in [0.2, 0.25) is 0 Å². The van der Waals surface area contributed by atoms with Crippen molar-refractivity contribution in [2.45, 2.75) is 78.4 Å². The zero-order valence-electron chi connectivity index (χ0n) is 14.4. The van der Waals surface area contributed by atoms with Crippen molar-refractivity contribution in [1.29, 1.82) is 0 Å². The fourth-order valence-corrected chi connectivity index (χ4v) is 1.14. The van der Waals surface area contributed by atoms with Gasteiger partial charge in [-0.25, -0.2) is 0 Å². The van der Waals surface area contributed by atoms with Crippen molar-refractivity contribution in [3.8, 4) is 0 Å². The van der Waals surface area contributed by atoms with Gasteiger partial charge in [0, 0.05) is 13.2 Å². The van der Waals surface area contributed by atoms with E-state index in [1.54, 1.807) is 27.7 Å². The quantitative estimate of drug-likeness (QED) is 0.607. The number of ether oxygens (including phenoxy) is 2. The molecule has 0 atom stereocenters. The predicted molar refractivity (Wildman–Crippen MR) is 84.0 cm³/mol. The minimum atomic E-state index is -0.673. The van der Waals surface area contributed by atoms with Crippen LogP contribution in [0.3, 0.4) is 0 Å². The fourth-order valence-electron chi connectivity index (χ4n) is 1.14. The lowest BCUT2D eigenvalue weighted by atomic mass is 10.2. The van der Waals surface area contributed by atoms with Crippen LogP contribution >= 0.6 is 0 Å². The highest BCUT2D eigenvalue weighted by atomic mass is 16.5. The van der Waals surface area contributed by atoms with Crippen LogP contribution in [0.25, 0.3) is 0 Å². The summed E-state index contributed by atoms with van der Waals surface area (Å²) >= 11 is 0. The summed E-state index contributed by atoms with van der Waals surface area (Å²) in [4.78, 5) is 0. The van der Waals surface area contributed by atoms with Crippen molar-refractivity contribution < 1.29 is 19.7 Å². The Kier molecular flexibility index (Phi) is 13.9. The van der Waals surface area contributed by atoms with Crippen LogP contribution in [0, 0.1) is 0 Å². The van der Waals surface area contributed by atoms with Crippen molar-refractivity contribution >= 4 is 0 Å². The molecule has 0 radical (unpaired) electrons. The molecule has 4 heteroatoms. The molecule has 124 valence electrons. The van der Waals surface area contributed by atoms with Crippen LogP contribution in [0.4, 0.5) is 0 Å². The second-order valence-corrected chi connectivity index (χ2v) is 6.44. The molecule has 0 bridgehead atoms. The molecule has 2 N–H and O–H groups in total. The second-order valence-electron chi connectivity index (χ2n) is 6.44. The van der Waals surface area contributed by atoms with Gasteiger partial charge in [0.1, 0.15) is 0 Å². The normalized spacial score (nSPS) is 12.0. The van der Waals surface area contributed by atoms with E-state index in [2.05, 4.69) is 13.8 Å². The van der Waals surface area contributed by atoms with Gasteiger partial charge in [0.25, 0.3) is 0 Å². The Morgan fingerprint density at radius 2 is 1.00 bits per heavy atom. The maximum atomic E-state index is 9.19. The Morgan fingerprint density at radius 3 is 1.20 bits per heavy atom. The zero-order valence-corrected chi connectivity index (χ0v) is 14.4. The summed E-state index contributed by atoms with van der Waals surface area (Å²) in [5, 5.41) is 18.4. The molecule has 0 aromatic carbocycles. The van der Waals surface area contributed by atoms with Gasteiger partial charge in [-0.05, 0) is 40.5 Å². The largest absolute Gasteiger partial charge is 0.388 e. The van der Waals surface area contributed by atoms with Gasteiger partial charge in [0.05, 0.1) is 24.4 Å². The monoisotopic (exact) mass is 292 g/mol. The molecule has 0 fully saturated rings. The Labute approximate surface area is 125 Å². The van der Waals surface area contributed by atoms with Crippen LogP contribution in [-0.2, 0) is 9.47 Å². The molecule has 0 aromatic heterocycles. The van der Waals surface area contributed by atoms with E-state index in [0.29, 0.717) is 13.2 Å². The van der Waals surface area contributed by atoms with E-state index in [-0.39, 0.29) is 0 Å². The number of rotatable bonds is 10. The highest BCUT2D eigenvalue weighted by Crippen LogP contribution is 2.02. The fraction of sp³-hybridized carbons (Fsp3) is 1.00. The minimum Gasteiger partial charge on any atom is -0.388 e. The third-order valence-corrected chi connectivity index (χ3v) is 2.20. The van der Waals surface area contributed by atoms with Crippen molar-refractivity contribution in [2.24, 2.45) is 0 Å². The van der Waals surface area contributed by atoms with Gasteiger partial charge in [0.15, 0.2) is 0 Å². The number of hydrogen-bond acceptors (Lipinski definition) is 4. The Bertz CT molecular complexity index is 170. The van der Waals surface area contributed by atoms with Crippen LogP contribution < -0.4 is 0 Å². The lowest BCUT2D eigenvalue weighted by molar-refractivity contribution is -0.0215. The molecule has 0 spiro atoms. The van der Waals surface area contributed by atoms with Crippen LogP contribution in [0.1, 0.15) is 67.2 Å². The first-order chi connectivity index (χ1) is 9.12. The lowest BCUT2D eigenvalue weighted by Gasteiger charge is -2.16. The average molecular weight is 292 g/mol. The second kappa shape index (κ2) is 12.6. The van der Waals surface area contributed by atoms with Gasteiger partial charge in [-0.2, -0.15) is 0 Å². The number of aliphatic hydroxyl groups is 2. The van der Waals surface area contributed by atoms with Crippen LogP contribution in [-0.4, -0.2) is 47.8 Å². The molecule has 20 heavy (non-hydrogen) atoms. The summed E-state index contributed by atoms with van der Waals surface area (Å²) in [6, 6.07) is 0. The molecular formula is C16H36O4. The predicted octanol–water partition coefficient (Wildman–Crippen LogP) is 3.15. The van der Waals surface area contributed by atoms with E-state index >= 15 is 0 Å². The first-order valence-corrected chi connectivity index (χ1v) is 7.72. The van der Waals surface area contributed by atoms with E-state index in [1.807, 2.05) is 0 Å². The summed E-state index contributed by atoms with van der Waals surface area (Å²) in [6.07, 6.45) is 4.45. The molecule has 0 unspecified atom stereocenters. The topological polar surface area (TPSA) is 58.9 Å². The third-order valence-electron chi connectivity index (χ3n) is 2.20. The number of hydrogen-bond donors (Lipinski definition) is 2. The van der Waals surface area contributed by atoms with Crippen molar-refractivity contribution in [2.75, 3.05) is 26.4 Å². The SMILES string of the molecule is CCCCOCC(C)(C)O.CCCCOCC(C)(C)O. The first kappa shape index (κ1) is 22.1. The smallest absolute Gasteiger partial charge is 0.0824 e. The highest BCUT2D eigenvalue weighted by Gasteiger charge is 2.11. The molecule has 0 saturated carbocycles. The standard InChI is InChI=1S/2C8H18O2/c2*1-4-5-6-10-7-8(2,3)9/h2*9H,4-7H2,1-3H3. The van der Waals surface area contributed by atoms with Crippen molar-refractivity contribution in [3.63, 3.8) is 0 Å². The summed E-state index contributed by atoms with van der Waals surface area (Å²) in [5.41, 5.74) is -1.35. The Hall–Kier alpha value is -0.160. The van der Waals surface area contributed by atoms with Gasteiger partial charge in [0.2, 0.25) is 0 Å². The molecule has 0 aromatic rings. The van der Waals surface area contributed by atoms with E-state index in [1.165, 1.54) is 0 Å². The van der Waals surface area contributed by atoms with Gasteiger partial charge < -0.3 is 19.7 Å². The summed E-state index contributed by atoms with van der Waals surface area (Å²) in [7, 11) is 0. The third kappa shape index (κ3) is 26.4. The van der Waals surface area contributed by atoms with Crippen molar-refractivity contribution in [3.05, 3.63) is 0 Å². The van der Waals surface area contributed by atoms with E-state index < -0.39 is 11.2 Å². The van der Waals surface area contributed by atoms with E-state index in [0.717, 1.165) is 38.9 Å². The van der Waals surface area contributed by atoms with E-state index in [9.17, 15) is 10.2 Å². The van der Waals surface area contributed by atoms with Crippen LogP contribution in [0.5, 0.6) is 0 Å². The van der Waals surface area contributed by atoms with Gasteiger partial charge >= 0.3 is 0 Å². The molecule has 4 nitrogen and oxygen atoms in total.